The van der Waals surface area contributed by atoms with Gasteiger partial charge in [0.05, 0.1) is 5.75 Å². The van der Waals surface area contributed by atoms with Crippen LogP contribution >= 0.6 is 24.0 Å². The first-order valence-corrected chi connectivity index (χ1v) is 9.83. The van der Waals surface area contributed by atoms with Gasteiger partial charge in [-0.25, -0.2) is 8.42 Å². The minimum Gasteiger partial charge on any atom is -0.357 e. The molecule has 0 saturated heterocycles. The molecule has 1 aromatic carbocycles. The summed E-state index contributed by atoms with van der Waals surface area (Å²) in [6.45, 7) is 5.18. The summed E-state index contributed by atoms with van der Waals surface area (Å²) in [4.78, 5) is 6.82. The lowest BCUT2D eigenvalue weighted by atomic mass is 10.0. The molecule has 0 spiro atoms. The summed E-state index contributed by atoms with van der Waals surface area (Å²) in [5.74, 6) is 1.07. The maximum Gasteiger partial charge on any atom is 0.194 e. The van der Waals surface area contributed by atoms with Gasteiger partial charge in [-0.2, -0.15) is 0 Å². The first kappa shape index (κ1) is 20.2. The monoisotopic (exact) mass is 451 g/mol. The number of halogens is 1. The Hall–Kier alpha value is -0.830. The van der Waals surface area contributed by atoms with Crippen LogP contribution in [-0.4, -0.2) is 50.9 Å². The fourth-order valence-electron chi connectivity index (χ4n) is 2.61. The van der Waals surface area contributed by atoms with E-state index < -0.39 is 9.84 Å². The van der Waals surface area contributed by atoms with Gasteiger partial charge in [-0.3, -0.25) is 4.99 Å². The Morgan fingerprint density at radius 2 is 2.00 bits per heavy atom. The van der Waals surface area contributed by atoms with Crippen LogP contribution in [0.25, 0.3) is 0 Å². The van der Waals surface area contributed by atoms with Gasteiger partial charge in [0.15, 0.2) is 5.96 Å². The fraction of sp³-hybridized carbons (Fsp3) is 0.562. The minimum atomic E-state index is -2.90. The van der Waals surface area contributed by atoms with Crippen LogP contribution in [0.2, 0.25) is 0 Å². The SMILES string of the molecule is CCNC(=NCCCS(C)(=O)=O)N1CCc2ccccc2C1.I. The van der Waals surface area contributed by atoms with Crippen molar-refractivity contribution in [3.63, 3.8) is 0 Å². The first-order chi connectivity index (χ1) is 10.5. The lowest BCUT2D eigenvalue weighted by Crippen LogP contribution is -2.44. The van der Waals surface area contributed by atoms with Gasteiger partial charge in [0.2, 0.25) is 0 Å². The lowest BCUT2D eigenvalue weighted by molar-refractivity contribution is 0.378. The molecule has 1 aliphatic rings. The van der Waals surface area contributed by atoms with E-state index in [0.29, 0.717) is 13.0 Å². The molecule has 0 saturated carbocycles. The minimum absolute atomic E-state index is 0. The molecule has 23 heavy (non-hydrogen) atoms. The van der Waals surface area contributed by atoms with E-state index in [4.69, 9.17) is 0 Å². The predicted molar refractivity (Wildman–Crippen MR) is 106 cm³/mol. The van der Waals surface area contributed by atoms with Crippen molar-refractivity contribution in [2.24, 2.45) is 4.99 Å². The summed E-state index contributed by atoms with van der Waals surface area (Å²) in [6, 6.07) is 8.50. The van der Waals surface area contributed by atoms with E-state index in [9.17, 15) is 8.42 Å². The van der Waals surface area contributed by atoms with Crippen molar-refractivity contribution >= 4 is 39.8 Å². The third-order valence-corrected chi connectivity index (χ3v) is 4.73. The van der Waals surface area contributed by atoms with Crippen molar-refractivity contribution in [2.45, 2.75) is 26.3 Å². The molecule has 0 amide bonds. The molecule has 1 N–H and O–H groups in total. The number of nitrogens with zero attached hydrogens (tertiary/aromatic N) is 2. The normalized spacial score (nSPS) is 14.9. The highest BCUT2D eigenvalue weighted by Crippen LogP contribution is 2.18. The average molecular weight is 451 g/mol. The molecule has 0 bridgehead atoms. The largest absolute Gasteiger partial charge is 0.357 e. The lowest BCUT2D eigenvalue weighted by Gasteiger charge is -2.31. The van der Waals surface area contributed by atoms with E-state index in [1.165, 1.54) is 17.4 Å². The standard InChI is InChI=1S/C16H25N3O2S.HI/c1-3-17-16(18-10-6-12-22(2,20)21)19-11-9-14-7-4-5-8-15(14)13-19;/h4-5,7-8H,3,6,9-13H2,1-2H3,(H,17,18);1H. The molecule has 1 aromatic rings. The Morgan fingerprint density at radius 3 is 2.65 bits per heavy atom. The number of hydrogen-bond acceptors (Lipinski definition) is 3. The van der Waals surface area contributed by atoms with Crippen LogP contribution in [0.4, 0.5) is 0 Å². The Morgan fingerprint density at radius 1 is 1.30 bits per heavy atom. The number of fused-ring (bicyclic) bond motifs is 1. The topological polar surface area (TPSA) is 61.8 Å². The van der Waals surface area contributed by atoms with Crippen LogP contribution in [0, 0.1) is 0 Å². The molecule has 5 nitrogen and oxygen atoms in total. The zero-order valence-electron chi connectivity index (χ0n) is 13.8. The van der Waals surface area contributed by atoms with E-state index in [2.05, 4.69) is 39.5 Å². The summed E-state index contributed by atoms with van der Waals surface area (Å²) in [5, 5.41) is 3.31. The average Bonchev–Trinajstić information content (AvgIpc) is 2.49. The van der Waals surface area contributed by atoms with E-state index >= 15 is 0 Å². The highest BCUT2D eigenvalue weighted by atomic mass is 127. The van der Waals surface area contributed by atoms with E-state index in [1.807, 2.05) is 6.92 Å². The Labute approximate surface area is 156 Å². The van der Waals surface area contributed by atoms with Gasteiger partial charge >= 0.3 is 0 Å². The van der Waals surface area contributed by atoms with Crippen molar-refractivity contribution in [1.82, 2.24) is 10.2 Å². The summed E-state index contributed by atoms with van der Waals surface area (Å²) in [7, 11) is -2.90. The second-order valence-electron chi connectivity index (χ2n) is 5.66. The van der Waals surface area contributed by atoms with Gasteiger partial charge in [0.1, 0.15) is 9.84 Å². The van der Waals surface area contributed by atoms with Gasteiger partial charge in [0.25, 0.3) is 0 Å². The number of nitrogens with one attached hydrogen (secondary N) is 1. The summed E-state index contributed by atoms with van der Waals surface area (Å²) < 4.78 is 22.3. The quantitative estimate of drug-likeness (QED) is 0.322. The maximum absolute atomic E-state index is 11.2. The van der Waals surface area contributed by atoms with Crippen LogP contribution in [0.15, 0.2) is 29.3 Å². The van der Waals surface area contributed by atoms with Gasteiger partial charge in [0, 0.05) is 32.4 Å². The zero-order chi connectivity index (χ0) is 16.0. The molecule has 0 aromatic heterocycles. The van der Waals surface area contributed by atoms with Crippen molar-refractivity contribution < 1.29 is 8.42 Å². The number of benzene rings is 1. The Balaban J connectivity index is 0.00000264. The van der Waals surface area contributed by atoms with Crippen LogP contribution < -0.4 is 5.32 Å². The summed E-state index contributed by atoms with van der Waals surface area (Å²) >= 11 is 0. The molecular weight excluding hydrogens is 425 g/mol. The van der Waals surface area contributed by atoms with Crippen molar-refractivity contribution in [3.05, 3.63) is 35.4 Å². The smallest absolute Gasteiger partial charge is 0.194 e. The number of rotatable bonds is 5. The molecule has 0 atom stereocenters. The zero-order valence-corrected chi connectivity index (χ0v) is 16.9. The molecule has 0 aliphatic carbocycles. The maximum atomic E-state index is 11.2. The van der Waals surface area contributed by atoms with Gasteiger partial charge in [-0.1, -0.05) is 24.3 Å². The van der Waals surface area contributed by atoms with Crippen LogP contribution in [0.1, 0.15) is 24.5 Å². The van der Waals surface area contributed by atoms with Gasteiger partial charge in [-0.15, -0.1) is 24.0 Å². The second-order valence-corrected chi connectivity index (χ2v) is 7.92. The molecule has 0 radical (unpaired) electrons. The number of aliphatic imine (C=N–C) groups is 1. The number of guanidine groups is 1. The fourth-order valence-corrected chi connectivity index (χ4v) is 3.27. The molecule has 7 heteroatoms. The van der Waals surface area contributed by atoms with Crippen molar-refractivity contribution in [3.8, 4) is 0 Å². The van der Waals surface area contributed by atoms with Crippen molar-refractivity contribution in [2.75, 3.05) is 31.6 Å². The second kappa shape index (κ2) is 9.46. The Bertz CT molecular complexity index is 632. The van der Waals surface area contributed by atoms with Crippen LogP contribution in [0.5, 0.6) is 0 Å². The highest BCUT2D eigenvalue weighted by molar-refractivity contribution is 14.0. The van der Waals surface area contributed by atoms with Gasteiger partial charge in [-0.05, 0) is 30.9 Å². The first-order valence-electron chi connectivity index (χ1n) is 7.77. The third-order valence-electron chi connectivity index (χ3n) is 3.70. The highest BCUT2D eigenvalue weighted by Gasteiger charge is 2.18. The Kier molecular flexibility index (Phi) is 8.32. The molecule has 0 fully saturated rings. The number of sulfone groups is 1. The van der Waals surface area contributed by atoms with Crippen molar-refractivity contribution in [1.29, 1.82) is 0 Å². The molecule has 130 valence electrons. The number of hydrogen-bond donors (Lipinski definition) is 1. The molecule has 1 heterocycles. The molecule has 2 rings (SSSR count). The van der Waals surface area contributed by atoms with Gasteiger partial charge < -0.3 is 10.2 Å². The molecule has 1 aliphatic heterocycles. The molecule has 0 unspecified atom stereocenters. The predicted octanol–water partition coefficient (Wildman–Crippen LogP) is 2.06. The van der Waals surface area contributed by atoms with E-state index in [-0.39, 0.29) is 29.7 Å². The molecular formula is C16H26IN3O2S. The summed E-state index contributed by atoms with van der Waals surface area (Å²) in [5.41, 5.74) is 2.75. The third kappa shape index (κ3) is 6.66. The van der Waals surface area contributed by atoms with Crippen LogP contribution in [-0.2, 0) is 22.8 Å². The summed E-state index contributed by atoms with van der Waals surface area (Å²) in [6.07, 6.45) is 2.85. The van der Waals surface area contributed by atoms with E-state index in [1.54, 1.807) is 0 Å². The van der Waals surface area contributed by atoms with Crippen LogP contribution in [0.3, 0.4) is 0 Å². The van der Waals surface area contributed by atoms with E-state index in [0.717, 1.165) is 32.0 Å².